The second-order valence-corrected chi connectivity index (χ2v) is 6.78. The van der Waals surface area contributed by atoms with E-state index < -0.39 is 0 Å². The first-order valence-corrected chi connectivity index (χ1v) is 9.28. The molecule has 1 atom stereocenters. The van der Waals surface area contributed by atoms with Gasteiger partial charge in [-0.2, -0.15) is 0 Å². The zero-order chi connectivity index (χ0) is 19.1. The molecule has 1 amide bonds. The van der Waals surface area contributed by atoms with Crippen molar-refractivity contribution in [1.82, 2.24) is 10.2 Å². The predicted molar refractivity (Wildman–Crippen MR) is 105 cm³/mol. The number of halogens is 2. The maximum Gasteiger partial charge on any atom is 0.244 e. The molecular weight excluding hydrogens is 367 g/mol. The summed E-state index contributed by atoms with van der Waals surface area (Å²) in [5.41, 5.74) is 1.87. The number of nitrogens with zero attached hydrogens (tertiary/aromatic N) is 1. The van der Waals surface area contributed by atoms with Gasteiger partial charge in [-0.25, -0.2) is 4.39 Å². The van der Waals surface area contributed by atoms with Crippen LogP contribution < -0.4 is 5.32 Å². The van der Waals surface area contributed by atoms with Gasteiger partial charge in [0.1, 0.15) is 5.82 Å². The fourth-order valence-corrected chi connectivity index (χ4v) is 3.16. The first kappa shape index (κ1) is 19.5. The van der Waals surface area contributed by atoms with E-state index in [0.29, 0.717) is 24.8 Å². The molecule has 0 spiro atoms. The van der Waals surface area contributed by atoms with Crippen molar-refractivity contribution in [2.24, 2.45) is 0 Å². The highest BCUT2D eigenvalue weighted by atomic mass is 35.5. The van der Waals surface area contributed by atoms with E-state index in [1.54, 1.807) is 30.3 Å². The van der Waals surface area contributed by atoms with Crippen molar-refractivity contribution < 1.29 is 13.9 Å². The van der Waals surface area contributed by atoms with Crippen molar-refractivity contribution >= 4 is 23.6 Å². The van der Waals surface area contributed by atoms with Crippen LogP contribution in [0.5, 0.6) is 0 Å². The molecule has 0 radical (unpaired) electrons. The lowest BCUT2D eigenvalue weighted by Gasteiger charge is -2.34. The minimum atomic E-state index is -0.269. The Morgan fingerprint density at radius 3 is 2.48 bits per heavy atom. The SMILES string of the molecule is O=C(/C=C/c1ccc(Cl)cc1)NCC(c1ccc(F)cc1)N1CCOCC1. The predicted octanol–water partition coefficient (Wildman–Crippen LogP) is 3.68. The highest BCUT2D eigenvalue weighted by molar-refractivity contribution is 6.30. The maximum absolute atomic E-state index is 13.3. The van der Waals surface area contributed by atoms with Crippen molar-refractivity contribution in [3.63, 3.8) is 0 Å². The first-order valence-electron chi connectivity index (χ1n) is 8.90. The van der Waals surface area contributed by atoms with Crippen molar-refractivity contribution in [2.75, 3.05) is 32.8 Å². The summed E-state index contributed by atoms with van der Waals surface area (Å²) in [6.07, 6.45) is 3.25. The number of morpholine rings is 1. The second kappa shape index (κ2) is 9.65. The number of hydrogen-bond donors (Lipinski definition) is 1. The standard InChI is InChI=1S/C21H22ClFN2O2/c22-18-6-1-16(2-7-18)3-10-21(26)24-15-20(25-11-13-27-14-12-25)17-4-8-19(23)9-5-17/h1-10,20H,11-15H2,(H,24,26)/b10-3+. The van der Waals surface area contributed by atoms with Gasteiger partial charge in [0.2, 0.25) is 5.91 Å². The molecule has 3 rings (SSSR count). The first-order chi connectivity index (χ1) is 13.1. The minimum absolute atomic E-state index is 0.0256. The van der Waals surface area contributed by atoms with Crippen LogP contribution in [0.3, 0.4) is 0 Å². The molecule has 1 saturated heterocycles. The third-order valence-corrected chi connectivity index (χ3v) is 4.76. The van der Waals surface area contributed by atoms with Crippen LogP contribution in [0.4, 0.5) is 4.39 Å². The minimum Gasteiger partial charge on any atom is -0.379 e. The summed E-state index contributed by atoms with van der Waals surface area (Å²) in [6.45, 7) is 3.30. The number of rotatable bonds is 6. The number of nitrogens with one attached hydrogen (secondary N) is 1. The molecule has 1 aliphatic rings. The summed E-state index contributed by atoms with van der Waals surface area (Å²) in [4.78, 5) is 14.5. The Labute approximate surface area is 163 Å². The number of amides is 1. The fourth-order valence-electron chi connectivity index (χ4n) is 3.03. The number of carbonyl (C=O) groups excluding carboxylic acids is 1. The van der Waals surface area contributed by atoms with Crippen molar-refractivity contribution in [3.8, 4) is 0 Å². The van der Waals surface area contributed by atoms with Crippen LogP contribution in [0.25, 0.3) is 6.08 Å². The Morgan fingerprint density at radius 1 is 1.15 bits per heavy atom. The molecule has 4 nitrogen and oxygen atoms in total. The van der Waals surface area contributed by atoms with E-state index in [2.05, 4.69) is 10.2 Å². The van der Waals surface area contributed by atoms with Crippen molar-refractivity contribution in [1.29, 1.82) is 0 Å². The average molecular weight is 389 g/mol. The van der Waals surface area contributed by atoms with E-state index in [9.17, 15) is 9.18 Å². The van der Waals surface area contributed by atoms with E-state index in [1.807, 2.05) is 12.1 Å². The fraction of sp³-hybridized carbons (Fsp3) is 0.286. The molecular formula is C21H22ClFN2O2. The van der Waals surface area contributed by atoms with E-state index in [0.717, 1.165) is 24.2 Å². The molecule has 1 heterocycles. The summed E-state index contributed by atoms with van der Waals surface area (Å²) < 4.78 is 18.7. The number of ether oxygens (including phenoxy) is 1. The Bertz CT molecular complexity index is 772. The van der Waals surface area contributed by atoms with Crippen LogP contribution in [0.2, 0.25) is 5.02 Å². The molecule has 142 valence electrons. The van der Waals surface area contributed by atoms with Gasteiger partial charge in [-0.15, -0.1) is 0 Å². The van der Waals surface area contributed by atoms with E-state index in [-0.39, 0.29) is 17.8 Å². The summed E-state index contributed by atoms with van der Waals surface area (Å²) >= 11 is 5.86. The van der Waals surface area contributed by atoms with Crippen molar-refractivity contribution in [2.45, 2.75) is 6.04 Å². The Morgan fingerprint density at radius 2 is 1.81 bits per heavy atom. The summed E-state index contributed by atoms with van der Waals surface area (Å²) in [6, 6.07) is 13.7. The van der Waals surface area contributed by atoms with Crippen LogP contribution in [0.1, 0.15) is 17.2 Å². The zero-order valence-corrected chi connectivity index (χ0v) is 15.7. The molecule has 0 saturated carbocycles. The van der Waals surface area contributed by atoms with Gasteiger partial charge in [0.25, 0.3) is 0 Å². The van der Waals surface area contributed by atoms with Crippen LogP contribution in [-0.2, 0) is 9.53 Å². The second-order valence-electron chi connectivity index (χ2n) is 6.35. The number of carbonyl (C=O) groups is 1. The molecule has 1 N–H and O–H groups in total. The van der Waals surface area contributed by atoms with Gasteiger partial charge in [-0.1, -0.05) is 35.9 Å². The zero-order valence-electron chi connectivity index (χ0n) is 14.9. The maximum atomic E-state index is 13.3. The van der Waals surface area contributed by atoms with Gasteiger partial charge in [0, 0.05) is 30.7 Å². The van der Waals surface area contributed by atoms with Crippen LogP contribution in [0.15, 0.2) is 54.6 Å². The van der Waals surface area contributed by atoms with Crippen molar-refractivity contribution in [3.05, 3.63) is 76.6 Å². The summed E-state index contributed by atoms with van der Waals surface area (Å²) in [5, 5.41) is 3.60. The lowest BCUT2D eigenvalue weighted by atomic mass is 10.0. The van der Waals surface area contributed by atoms with Gasteiger partial charge in [-0.3, -0.25) is 9.69 Å². The molecule has 1 unspecified atom stereocenters. The quantitative estimate of drug-likeness (QED) is 0.767. The molecule has 6 heteroatoms. The molecule has 27 heavy (non-hydrogen) atoms. The van der Waals surface area contributed by atoms with E-state index in [1.165, 1.54) is 18.2 Å². The van der Waals surface area contributed by atoms with Gasteiger partial charge < -0.3 is 10.1 Å². The Hall–Kier alpha value is -2.21. The van der Waals surface area contributed by atoms with Gasteiger partial charge in [0.15, 0.2) is 0 Å². The number of hydrogen-bond acceptors (Lipinski definition) is 3. The van der Waals surface area contributed by atoms with Gasteiger partial charge in [-0.05, 0) is 41.5 Å². The van der Waals surface area contributed by atoms with Gasteiger partial charge >= 0.3 is 0 Å². The largest absolute Gasteiger partial charge is 0.379 e. The monoisotopic (exact) mass is 388 g/mol. The molecule has 2 aromatic carbocycles. The van der Waals surface area contributed by atoms with Crippen LogP contribution in [-0.4, -0.2) is 43.7 Å². The van der Waals surface area contributed by atoms with E-state index >= 15 is 0 Å². The number of benzene rings is 2. The molecule has 0 bridgehead atoms. The lowest BCUT2D eigenvalue weighted by molar-refractivity contribution is -0.116. The highest BCUT2D eigenvalue weighted by Gasteiger charge is 2.23. The summed E-state index contributed by atoms with van der Waals surface area (Å²) in [5.74, 6) is -0.445. The lowest BCUT2D eigenvalue weighted by Crippen LogP contribution is -2.43. The third-order valence-electron chi connectivity index (χ3n) is 4.51. The Kier molecular flexibility index (Phi) is 6.98. The molecule has 0 aromatic heterocycles. The summed E-state index contributed by atoms with van der Waals surface area (Å²) in [7, 11) is 0. The normalized spacial score (nSPS) is 16.4. The Balaban J connectivity index is 1.63. The van der Waals surface area contributed by atoms with Gasteiger partial charge in [0.05, 0.1) is 19.3 Å². The third kappa shape index (κ3) is 5.89. The molecule has 1 aliphatic heterocycles. The molecule has 1 fully saturated rings. The molecule has 2 aromatic rings. The highest BCUT2D eigenvalue weighted by Crippen LogP contribution is 2.21. The average Bonchev–Trinajstić information content (AvgIpc) is 2.70. The van der Waals surface area contributed by atoms with Crippen LogP contribution in [0, 0.1) is 5.82 Å². The van der Waals surface area contributed by atoms with Crippen LogP contribution >= 0.6 is 11.6 Å². The topological polar surface area (TPSA) is 41.6 Å². The van der Waals surface area contributed by atoms with E-state index in [4.69, 9.17) is 16.3 Å². The molecule has 0 aliphatic carbocycles. The smallest absolute Gasteiger partial charge is 0.244 e.